The van der Waals surface area contributed by atoms with Gasteiger partial charge in [0.15, 0.2) is 11.6 Å². The van der Waals surface area contributed by atoms with Crippen LogP contribution in [0.2, 0.25) is 0 Å². The molecular weight excluding hydrogens is 1310 g/mol. The van der Waals surface area contributed by atoms with E-state index < -0.39 is 40.7 Å². The Balaban J connectivity index is 0.000000140. The van der Waals surface area contributed by atoms with Crippen molar-refractivity contribution in [2.45, 2.75) is 343 Å². The van der Waals surface area contributed by atoms with E-state index in [1.54, 1.807) is 6.92 Å². The summed E-state index contributed by atoms with van der Waals surface area (Å²) in [7, 11) is 0. The molecule has 15 aliphatic carbocycles. The van der Waals surface area contributed by atoms with Gasteiger partial charge in [-0.05, 0) is 323 Å². The van der Waals surface area contributed by atoms with Crippen molar-refractivity contribution in [1.29, 1.82) is 5.26 Å². The molecule has 105 heavy (non-hydrogen) atoms. The molecule has 0 saturated heterocycles. The van der Waals surface area contributed by atoms with Crippen LogP contribution in [0.1, 0.15) is 313 Å². The molecule has 15 aliphatic rings. The molecule has 0 aliphatic heterocycles. The standard InChI is InChI=1S/C32H47NO3.C31H49NO3.C30H48O4/c1-19-9-12-28(4)15-16-31(7)22(26(28)20(19)2)17-23(35)27-29(5)13-11-25(36-21(3)34)30(6,18-33)24(29)10-14-32(27,31)8;1-18-9-12-27(4)15-16-29(6)21(25(27)19(18)2)17-22(34)26-28(5)13-11-24(35-20(3)33)31(8,32)23(28)10-14-30(26,29)7;1-17-8-11-26(3)14-15-28(5)19(23(26)18(17)2)16-20(31)24-27(4)12-10-22(32)30(7,25(33)34)21(27)9-13-29(24,28)6/h17,19-20,24-27H,9-16H2,1-8H3;17-19,23-26H,9-16,32H2,1-8H3;16-18,20-24,31-32H,8-15H2,1-7H3,(H,33,34)/t19-,20+,24?,25-,26?,27?,28-,29+,30-,31-,32-;18-,19+,23?,24-,25?,26?,27-,28+,29-,30-,31-;17-,18+,20?,21?,22-,23?,24?,26-,27+,28-,29-,30-/m111/s1. The van der Waals surface area contributed by atoms with Crippen molar-refractivity contribution < 1.29 is 48.8 Å². The number of carboxylic acid groups (broad SMARTS) is 1. The number of aliphatic carboxylic acids is 1. The number of ketones is 2. The number of ether oxygens (including phenoxy) is 2. The Morgan fingerprint density at radius 3 is 1.26 bits per heavy atom. The zero-order valence-corrected chi connectivity index (χ0v) is 69.9. The van der Waals surface area contributed by atoms with Gasteiger partial charge in [0.1, 0.15) is 12.2 Å². The molecule has 12 fully saturated rings. The number of allylic oxidation sites excluding steroid dienone is 5. The molecule has 12 heteroatoms. The van der Waals surface area contributed by atoms with Gasteiger partial charge >= 0.3 is 17.9 Å². The summed E-state index contributed by atoms with van der Waals surface area (Å²) in [6.07, 6.45) is 29.5. The fourth-order valence-electron chi connectivity index (χ4n) is 32.6. The largest absolute Gasteiger partial charge is 0.481 e. The van der Waals surface area contributed by atoms with Crippen molar-refractivity contribution >= 4 is 29.5 Å². The van der Waals surface area contributed by atoms with E-state index in [-0.39, 0.29) is 102 Å². The zero-order valence-electron chi connectivity index (χ0n) is 69.9. The Bertz CT molecular complexity index is 3670. The number of fused-ring (bicyclic) bond motifs is 21. The van der Waals surface area contributed by atoms with E-state index in [0.717, 1.165) is 77.0 Å². The molecule has 0 aromatic heterocycles. The van der Waals surface area contributed by atoms with E-state index in [0.29, 0.717) is 93.9 Å². The quantitative estimate of drug-likeness (QED) is 0.153. The van der Waals surface area contributed by atoms with E-state index in [9.17, 15) is 44.6 Å². The third kappa shape index (κ3) is 10.7. The Labute approximate surface area is 634 Å². The molecule has 0 spiro atoms. The average molecular weight is 1450 g/mol. The van der Waals surface area contributed by atoms with Crippen LogP contribution in [-0.4, -0.2) is 74.7 Å². The van der Waals surface area contributed by atoms with E-state index >= 15 is 0 Å². The fraction of sp³-hybridized carbons (Fsp3) is 0.871. The maximum Gasteiger partial charge on any atom is 0.312 e. The minimum Gasteiger partial charge on any atom is -0.481 e. The number of nitrogens with zero attached hydrogens (tertiary/aromatic N) is 1. The van der Waals surface area contributed by atoms with Crippen LogP contribution in [0.5, 0.6) is 0 Å². The molecule has 0 bridgehead atoms. The lowest BCUT2D eigenvalue weighted by atomic mass is 9.33. The van der Waals surface area contributed by atoms with Crippen molar-refractivity contribution in [3.05, 3.63) is 34.9 Å². The summed E-state index contributed by atoms with van der Waals surface area (Å²) in [5.74, 6) is 4.60. The molecule has 0 heterocycles. The Kier molecular flexibility index (Phi) is 19.2. The van der Waals surface area contributed by atoms with E-state index in [1.165, 1.54) is 94.8 Å². The third-order valence-electron chi connectivity index (χ3n) is 39.8. The van der Waals surface area contributed by atoms with Crippen LogP contribution in [0.3, 0.4) is 0 Å². The molecule has 15 rings (SSSR count). The number of aliphatic hydroxyl groups excluding tert-OH is 2. The van der Waals surface area contributed by atoms with Gasteiger partial charge in [0.25, 0.3) is 0 Å². The topological polar surface area (TPSA) is 214 Å². The van der Waals surface area contributed by atoms with E-state index in [2.05, 4.69) is 156 Å². The number of esters is 2. The van der Waals surface area contributed by atoms with E-state index in [1.807, 2.05) is 6.92 Å². The monoisotopic (exact) mass is 1450 g/mol. The zero-order chi connectivity index (χ0) is 77.3. The Hall–Kier alpha value is -3.66. The van der Waals surface area contributed by atoms with Gasteiger partial charge in [-0.1, -0.05) is 147 Å². The maximum absolute atomic E-state index is 14.4. The van der Waals surface area contributed by atoms with Crippen LogP contribution in [0.25, 0.3) is 0 Å². The molecule has 0 aromatic carbocycles. The molecule has 12 saturated carbocycles. The Morgan fingerprint density at radius 2 is 0.829 bits per heavy atom. The predicted molar refractivity (Wildman–Crippen MR) is 414 cm³/mol. The first kappa shape index (κ1) is 79.4. The van der Waals surface area contributed by atoms with Crippen molar-refractivity contribution in [1.82, 2.24) is 0 Å². The lowest BCUT2D eigenvalue weighted by Gasteiger charge is -2.72. The van der Waals surface area contributed by atoms with Gasteiger partial charge in [0, 0.05) is 31.6 Å². The van der Waals surface area contributed by atoms with Crippen LogP contribution in [0.4, 0.5) is 0 Å². The first-order valence-electron chi connectivity index (χ1n) is 42.8. The predicted octanol–water partition coefficient (Wildman–Crippen LogP) is 19.8. The summed E-state index contributed by atoms with van der Waals surface area (Å²) < 4.78 is 11.4. The van der Waals surface area contributed by atoms with Crippen LogP contribution in [-0.2, 0) is 33.4 Å². The van der Waals surface area contributed by atoms with Crippen molar-refractivity contribution in [2.24, 2.45) is 170 Å². The third-order valence-corrected chi connectivity index (χ3v) is 39.8. The SMILES string of the molecule is CC(=O)O[C@@H]1CC[C@@]2(C)C(CC[C@]3(C)C2C(=O)C=C2C4[C@@H](C)[C@H](C)CC[C@]4(C)CC[C@]23C)[C@@]1(C)C#N.CC(=O)O[C@@H]1CC[C@@]2(C)C(CC[C@]3(C)C2C(=O)C=C2C4[C@@H](C)[C@H](C)CC[C@]4(C)CC[C@]23C)[C@@]1(C)N.C[C@@H]1CC[C@]2(C)CC[C@]3(C)C(=CC(O)C4[C@@]5(C)CC[C@@H](O)[C@](C)(C(=O)O)C5CC[C@]43C)C2[C@H]1C. The highest BCUT2D eigenvalue weighted by molar-refractivity contribution is 5.96. The molecule has 5 N–H and O–H groups in total. The van der Waals surface area contributed by atoms with Gasteiger partial charge in [0.05, 0.1) is 34.6 Å². The minimum absolute atomic E-state index is 0.00479. The number of hydrogen-bond acceptors (Lipinski definition) is 11. The lowest BCUT2D eigenvalue weighted by Crippen LogP contribution is -2.71. The highest BCUT2D eigenvalue weighted by atomic mass is 16.5. The summed E-state index contributed by atoms with van der Waals surface area (Å²) >= 11 is 0. The highest BCUT2D eigenvalue weighted by Crippen LogP contribution is 2.80. The van der Waals surface area contributed by atoms with Crippen molar-refractivity contribution in [2.75, 3.05) is 0 Å². The second-order valence-electron chi connectivity index (χ2n) is 44.2. The summed E-state index contributed by atoms with van der Waals surface area (Å²) in [5.41, 5.74) is 8.91. The number of aliphatic hydroxyl groups is 2. The summed E-state index contributed by atoms with van der Waals surface area (Å²) in [6.45, 7) is 52.5. The van der Waals surface area contributed by atoms with Crippen LogP contribution >= 0.6 is 0 Å². The smallest absolute Gasteiger partial charge is 0.312 e. The molecule has 0 amide bonds. The van der Waals surface area contributed by atoms with Gasteiger partial charge in [0.2, 0.25) is 0 Å². The van der Waals surface area contributed by atoms with Crippen molar-refractivity contribution in [3.8, 4) is 6.07 Å². The molecular formula is C93H144N2O10. The molecule has 0 radical (unpaired) electrons. The van der Waals surface area contributed by atoms with Crippen LogP contribution in [0, 0.1) is 176 Å². The van der Waals surface area contributed by atoms with Crippen molar-refractivity contribution in [3.63, 3.8) is 0 Å². The van der Waals surface area contributed by atoms with Gasteiger partial charge in [-0.2, -0.15) is 5.26 Å². The molecule has 10 unspecified atom stereocenters. The van der Waals surface area contributed by atoms with Crippen LogP contribution in [0.15, 0.2) is 34.9 Å². The Morgan fingerprint density at radius 1 is 0.457 bits per heavy atom. The van der Waals surface area contributed by atoms with Gasteiger partial charge in [-0.15, -0.1) is 0 Å². The van der Waals surface area contributed by atoms with Gasteiger partial charge < -0.3 is 30.5 Å². The summed E-state index contributed by atoms with van der Waals surface area (Å²) in [6, 6.07) is 2.60. The number of carbonyl (C=O) groups excluding carboxylic acids is 4. The normalized spacial score (nSPS) is 56.2. The number of carboxylic acids is 1. The molecule has 586 valence electrons. The number of hydrogen-bond donors (Lipinski definition) is 4. The first-order valence-corrected chi connectivity index (χ1v) is 42.8. The van der Waals surface area contributed by atoms with E-state index in [4.69, 9.17) is 15.2 Å². The van der Waals surface area contributed by atoms with Gasteiger partial charge in [-0.3, -0.25) is 24.0 Å². The number of carbonyl (C=O) groups is 5. The number of nitriles is 1. The lowest BCUT2D eigenvalue weighted by molar-refractivity contribution is -0.233. The fourth-order valence-corrected chi connectivity index (χ4v) is 32.6. The summed E-state index contributed by atoms with van der Waals surface area (Å²) in [4.78, 5) is 64.9. The second-order valence-corrected chi connectivity index (χ2v) is 44.2. The number of nitrogens with two attached hydrogens (primary N) is 1. The highest BCUT2D eigenvalue weighted by Gasteiger charge is 2.76. The minimum atomic E-state index is -1.16. The average Bonchev–Trinajstić information content (AvgIpc) is 0.682. The maximum atomic E-state index is 14.4. The second kappa shape index (κ2) is 25.4. The molecule has 34 atom stereocenters. The molecule has 0 aromatic rings. The van der Waals surface area contributed by atoms with Gasteiger partial charge in [-0.25, -0.2) is 0 Å². The summed E-state index contributed by atoms with van der Waals surface area (Å²) in [5, 5.41) is 43.5. The number of rotatable bonds is 3. The molecule has 12 nitrogen and oxygen atoms in total. The first-order chi connectivity index (χ1) is 48.5. The van der Waals surface area contributed by atoms with Crippen LogP contribution < -0.4 is 5.73 Å².